The predicted octanol–water partition coefficient (Wildman–Crippen LogP) is 11.2. The summed E-state index contributed by atoms with van der Waals surface area (Å²) in [6.45, 7) is 0. The number of hydrogen-bond acceptors (Lipinski definition) is 2. The molecule has 0 fully saturated rings. The summed E-state index contributed by atoms with van der Waals surface area (Å²) in [6, 6.07) is 0. The van der Waals surface area contributed by atoms with Crippen LogP contribution in [0.3, 0.4) is 0 Å². The standard InChI is InChI=1S/C37H70N2O2/c38-36(40)34-32-30-28-26-24-22-20-18-16-14-12-10-8-6-4-2-1-3-5-7-9-11-13-15-17-19-21-23-25-27-29-31-33-35-37(39)41/h32-35H,1-31H2,(H2,38,40)(H2,39,41). The molecule has 41 heavy (non-hydrogen) atoms. The molecule has 2 amide bonds. The Labute approximate surface area is 256 Å². The van der Waals surface area contributed by atoms with Gasteiger partial charge in [-0.05, 0) is 37.8 Å². The summed E-state index contributed by atoms with van der Waals surface area (Å²) >= 11 is 0. The van der Waals surface area contributed by atoms with E-state index in [9.17, 15) is 9.59 Å². The minimum absolute atomic E-state index is 0.334. The number of unbranched alkanes of at least 4 members (excludes halogenated alkanes) is 30. The second-order valence-electron chi connectivity index (χ2n) is 12.4. The first-order chi connectivity index (χ1) is 20.1. The Morgan fingerprint density at radius 2 is 0.439 bits per heavy atom. The third-order valence-electron chi connectivity index (χ3n) is 8.31. The molecule has 0 aromatic heterocycles. The van der Waals surface area contributed by atoms with Crippen LogP contribution in [0.2, 0.25) is 0 Å². The maximum absolute atomic E-state index is 10.6. The third-order valence-corrected chi connectivity index (χ3v) is 8.31. The lowest BCUT2D eigenvalue weighted by atomic mass is 10.0. The molecular weight excluding hydrogens is 504 g/mol. The van der Waals surface area contributed by atoms with Gasteiger partial charge in [-0.3, -0.25) is 9.59 Å². The molecule has 0 radical (unpaired) electrons. The zero-order chi connectivity index (χ0) is 29.9. The number of allylic oxidation sites excluding steroid dienone is 2. The first-order valence-corrected chi connectivity index (χ1v) is 18.0. The minimum Gasteiger partial charge on any atom is -0.366 e. The Balaban J connectivity index is 3.07. The first-order valence-electron chi connectivity index (χ1n) is 18.0. The van der Waals surface area contributed by atoms with Gasteiger partial charge in [-0.1, -0.05) is 186 Å². The predicted molar refractivity (Wildman–Crippen MR) is 180 cm³/mol. The number of hydrogen-bond donors (Lipinski definition) is 2. The highest BCUT2D eigenvalue weighted by Gasteiger charge is 1.97. The molecular formula is C37H70N2O2. The van der Waals surface area contributed by atoms with Gasteiger partial charge in [-0.15, -0.1) is 0 Å². The monoisotopic (exact) mass is 575 g/mol. The van der Waals surface area contributed by atoms with Crippen molar-refractivity contribution in [3.05, 3.63) is 24.3 Å². The van der Waals surface area contributed by atoms with Crippen LogP contribution in [0.25, 0.3) is 0 Å². The number of amides is 2. The molecule has 0 saturated carbocycles. The lowest BCUT2D eigenvalue weighted by Crippen LogP contribution is -2.05. The van der Waals surface area contributed by atoms with Crippen molar-refractivity contribution in [2.24, 2.45) is 11.5 Å². The van der Waals surface area contributed by atoms with E-state index in [4.69, 9.17) is 11.5 Å². The maximum atomic E-state index is 10.6. The molecule has 0 aromatic carbocycles. The summed E-state index contributed by atoms with van der Waals surface area (Å²) in [7, 11) is 0. The largest absolute Gasteiger partial charge is 0.366 e. The van der Waals surface area contributed by atoms with Gasteiger partial charge in [-0.2, -0.15) is 0 Å². The van der Waals surface area contributed by atoms with E-state index >= 15 is 0 Å². The fraction of sp³-hybridized carbons (Fsp3) is 0.838. The van der Waals surface area contributed by atoms with Gasteiger partial charge in [0, 0.05) is 0 Å². The summed E-state index contributed by atoms with van der Waals surface area (Å²) in [5.41, 5.74) is 10.2. The molecule has 4 N–H and O–H groups in total. The Bertz CT molecular complexity index is 562. The molecule has 0 aliphatic heterocycles. The lowest BCUT2D eigenvalue weighted by molar-refractivity contribution is -0.114. The Kier molecular flexibility index (Phi) is 33.3. The third kappa shape index (κ3) is 38.4. The Morgan fingerprint density at radius 1 is 0.293 bits per heavy atom. The van der Waals surface area contributed by atoms with E-state index in [1.54, 1.807) is 0 Å². The normalized spacial score (nSPS) is 11.7. The highest BCUT2D eigenvalue weighted by atomic mass is 16.1. The second-order valence-corrected chi connectivity index (χ2v) is 12.4. The fourth-order valence-corrected chi connectivity index (χ4v) is 5.70. The number of primary amides is 2. The van der Waals surface area contributed by atoms with Gasteiger partial charge in [0.1, 0.15) is 0 Å². The van der Waals surface area contributed by atoms with Gasteiger partial charge in [0.25, 0.3) is 0 Å². The Morgan fingerprint density at radius 3 is 0.585 bits per heavy atom. The molecule has 0 saturated heterocycles. The Hall–Kier alpha value is -1.58. The van der Waals surface area contributed by atoms with Crippen LogP contribution in [0.15, 0.2) is 24.3 Å². The van der Waals surface area contributed by atoms with Crippen molar-refractivity contribution in [2.45, 2.75) is 199 Å². The molecule has 0 unspecified atom stereocenters. The van der Waals surface area contributed by atoms with E-state index < -0.39 is 0 Å². The highest BCUT2D eigenvalue weighted by molar-refractivity contribution is 5.85. The van der Waals surface area contributed by atoms with E-state index in [1.807, 2.05) is 12.2 Å². The van der Waals surface area contributed by atoms with E-state index in [0.717, 1.165) is 12.8 Å². The average molecular weight is 575 g/mol. The summed E-state index contributed by atoms with van der Waals surface area (Å²) in [5, 5.41) is 0. The van der Waals surface area contributed by atoms with Crippen LogP contribution in [-0.2, 0) is 9.59 Å². The van der Waals surface area contributed by atoms with Crippen LogP contribution >= 0.6 is 0 Å². The zero-order valence-electron chi connectivity index (χ0n) is 27.2. The maximum Gasteiger partial charge on any atom is 0.241 e. The zero-order valence-corrected chi connectivity index (χ0v) is 27.2. The van der Waals surface area contributed by atoms with Crippen molar-refractivity contribution in [1.82, 2.24) is 0 Å². The van der Waals surface area contributed by atoms with Crippen LogP contribution < -0.4 is 11.5 Å². The number of carbonyl (C=O) groups is 2. The summed E-state index contributed by atoms with van der Waals surface area (Å²) in [5.74, 6) is -0.667. The van der Waals surface area contributed by atoms with Gasteiger partial charge in [0.15, 0.2) is 0 Å². The molecule has 0 atom stereocenters. The molecule has 0 rings (SSSR count). The fourth-order valence-electron chi connectivity index (χ4n) is 5.70. The number of nitrogens with two attached hydrogens (primary N) is 2. The van der Waals surface area contributed by atoms with Crippen molar-refractivity contribution < 1.29 is 9.59 Å². The molecule has 0 heterocycles. The molecule has 240 valence electrons. The van der Waals surface area contributed by atoms with Crippen molar-refractivity contribution >= 4 is 11.8 Å². The van der Waals surface area contributed by atoms with Crippen LogP contribution in [-0.4, -0.2) is 11.8 Å². The smallest absolute Gasteiger partial charge is 0.241 e. The van der Waals surface area contributed by atoms with Gasteiger partial charge in [0.2, 0.25) is 11.8 Å². The molecule has 0 aliphatic carbocycles. The van der Waals surface area contributed by atoms with E-state index in [-0.39, 0.29) is 11.8 Å². The SMILES string of the molecule is NC(=O)C=CCCCCCCCCCCCCCCCCCCCCCCCCCCCCCCCC=CC(N)=O. The van der Waals surface area contributed by atoms with Gasteiger partial charge >= 0.3 is 0 Å². The van der Waals surface area contributed by atoms with Crippen LogP contribution in [0, 0.1) is 0 Å². The molecule has 0 spiro atoms. The van der Waals surface area contributed by atoms with E-state index in [2.05, 4.69) is 0 Å². The van der Waals surface area contributed by atoms with Gasteiger partial charge < -0.3 is 11.5 Å². The van der Waals surface area contributed by atoms with Crippen molar-refractivity contribution in [2.75, 3.05) is 0 Å². The quantitative estimate of drug-likeness (QED) is 0.0591. The molecule has 0 aromatic rings. The van der Waals surface area contributed by atoms with Crippen molar-refractivity contribution in [1.29, 1.82) is 0 Å². The van der Waals surface area contributed by atoms with Gasteiger partial charge in [-0.25, -0.2) is 0 Å². The summed E-state index contributed by atoms with van der Waals surface area (Å²) in [6.07, 6.45) is 49.1. The van der Waals surface area contributed by atoms with Crippen LogP contribution in [0.5, 0.6) is 0 Å². The first kappa shape index (κ1) is 39.4. The van der Waals surface area contributed by atoms with Crippen LogP contribution in [0.4, 0.5) is 0 Å². The molecule has 4 nitrogen and oxygen atoms in total. The lowest BCUT2D eigenvalue weighted by Gasteiger charge is -2.04. The average Bonchev–Trinajstić information content (AvgIpc) is 2.94. The van der Waals surface area contributed by atoms with Crippen LogP contribution in [0.1, 0.15) is 199 Å². The number of rotatable bonds is 34. The molecule has 0 aliphatic rings. The minimum atomic E-state index is -0.334. The van der Waals surface area contributed by atoms with Gasteiger partial charge in [0.05, 0.1) is 0 Å². The topological polar surface area (TPSA) is 86.2 Å². The molecule has 4 heteroatoms. The number of carbonyl (C=O) groups excluding carboxylic acids is 2. The van der Waals surface area contributed by atoms with E-state index in [1.165, 1.54) is 198 Å². The second kappa shape index (κ2) is 34.6. The van der Waals surface area contributed by atoms with Crippen molar-refractivity contribution in [3.63, 3.8) is 0 Å². The molecule has 0 bridgehead atoms. The summed E-state index contributed by atoms with van der Waals surface area (Å²) < 4.78 is 0. The van der Waals surface area contributed by atoms with Crippen molar-refractivity contribution in [3.8, 4) is 0 Å². The van der Waals surface area contributed by atoms with E-state index in [0.29, 0.717) is 0 Å². The highest BCUT2D eigenvalue weighted by Crippen LogP contribution is 2.16. The summed E-state index contributed by atoms with van der Waals surface area (Å²) in [4.78, 5) is 21.2.